The maximum atomic E-state index is 12.9. The molecule has 0 aromatic heterocycles. The van der Waals surface area contributed by atoms with E-state index in [1.54, 1.807) is 6.08 Å². The van der Waals surface area contributed by atoms with E-state index in [4.69, 9.17) is 0 Å². The van der Waals surface area contributed by atoms with Crippen molar-refractivity contribution in [3.05, 3.63) is 36.7 Å². The largest absolute Gasteiger partial charge is 0.207 e. The summed E-state index contributed by atoms with van der Waals surface area (Å²) in [4.78, 5) is 0. The average molecular weight is 182 g/mol. The van der Waals surface area contributed by atoms with Gasteiger partial charge in [-0.25, -0.2) is 4.39 Å². The van der Waals surface area contributed by atoms with E-state index < -0.39 is 0 Å². The van der Waals surface area contributed by atoms with E-state index >= 15 is 0 Å². The van der Waals surface area contributed by atoms with Crippen LogP contribution in [-0.2, 0) is 0 Å². The van der Waals surface area contributed by atoms with Crippen molar-refractivity contribution in [2.75, 3.05) is 0 Å². The maximum absolute atomic E-state index is 12.9. The summed E-state index contributed by atoms with van der Waals surface area (Å²) in [5, 5.41) is 0. The molecule has 0 radical (unpaired) electrons. The number of hydrogen-bond acceptors (Lipinski definition) is 0. The predicted molar refractivity (Wildman–Crippen MR) is 57.1 cm³/mol. The topological polar surface area (TPSA) is 0 Å². The fraction of sp³-hybridized carbons (Fsp3) is 0.500. The quantitative estimate of drug-likeness (QED) is 0.440. The highest BCUT2D eigenvalue weighted by molar-refractivity contribution is 5.13. The van der Waals surface area contributed by atoms with Crippen molar-refractivity contribution in [1.82, 2.24) is 0 Å². The molecule has 0 heterocycles. The second kappa shape index (κ2) is 6.64. The molecule has 13 heavy (non-hydrogen) atoms. The van der Waals surface area contributed by atoms with Gasteiger partial charge in [0, 0.05) is 5.92 Å². The van der Waals surface area contributed by atoms with Crippen LogP contribution in [-0.4, -0.2) is 0 Å². The highest BCUT2D eigenvalue weighted by Crippen LogP contribution is 2.17. The molecule has 0 aromatic carbocycles. The van der Waals surface area contributed by atoms with Gasteiger partial charge in [-0.1, -0.05) is 39.5 Å². The zero-order valence-electron chi connectivity index (χ0n) is 8.76. The minimum atomic E-state index is -0.237. The molecule has 0 saturated heterocycles. The summed E-state index contributed by atoms with van der Waals surface area (Å²) in [6.07, 6.45) is 7.97. The van der Waals surface area contributed by atoms with E-state index in [1.165, 1.54) is 6.08 Å². The van der Waals surface area contributed by atoms with Gasteiger partial charge in [0.05, 0.1) is 0 Å². The number of hydrogen-bond donors (Lipinski definition) is 0. The normalized spacial score (nSPS) is 15.3. The summed E-state index contributed by atoms with van der Waals surface area (Å²) in [5.74, 6) is 0.367. The molecule has 0 aliphatic rings. The highest BCUT2D eigenvalue weighted by Gasteiger charge is 2.06. The standard InChI is InChI=1S/C12H19F/c1-5-7-8-11(10(3)4)9-12(13)6-2/h6-11H,2,5H2,1,3-4H3/b8-7+,12-9?. The number of rotatable bonds is 5. The second-order valence-electron chi connectivity index (χ2n) is 3.41. The SMILES string of the molecule is C=CC(F)=CC(/C=C/CC)C(C)C. The number of halogens is 1. The Hall–Kier alpha value is -0.850. The minimum absolute atomic E-state index is 0.179. The molecule has 74 valence electrons. The van der Waals surface area contributed by atoms with Crippen molar-refractivity contribution in [3.63, 3.8) is 0 Å². The molecule has 1 atom stereocenters. The molecule has 1 unspecified atom stereocenters. The van der Waals surface area contributed by atoms with Gasteiger partial charge < -0.3 is 0 Å². The lowest BCUT2D eigenvalue weighted by Crippen LogP contribution is -2.02. The van der Waals surface area contributed by atoms with Crippen molar-refractivity contribution in [2.45, 2.75) is 27.2 Å². The Labute approximate surface area is 80.9 Å². The molecule has 0 N–H and O–H groups in total. The molecule has 0 rings (SSSR count). The molecule has 0 fully saturated rings. The Balaban J connectivity index is 4.43. The Bertz CT molecular complexity index is 199. The van der Waals surface area contributed by atoms with Gasteiger partial charge in [0.2, 0.25) is 0 Å². The molecule has 0 saturated carbocycles. The average Bonchev–Trinajstić information content (AvgIpc) is 2.11. The lowest BCUT2D eigenvalue weighted by molar-refractivity contribution is 0.532. The third-order valence-corrected chi connectivity index (χ3v) is 1.91. The van der Waals surface area contributed by atoms with E-state index in [9.17, 15) is 4.39 Å². The Morgan fingerprint density at radius 2 is 2.08 bits per heavy atom. The van der Waals surface area contributed by atoms with Crippen LogP contribution in [0.25, 0.3) is 0 Å². The third kappa shape index (κ3) is 5.40. The van der Waals surface area contributed by atoms with Crippen molar-refractivity contribution in [3.8, 4) is 0 Å². The molecule has 0 spiro atoms. The monoisotopic (exact) mass is 182 g/mol. The van der Waals surface area contributed by atoms with E-state index in [-0.39, 0.29) is 11.7 Å². The maximum Gasteiger partial charge on any atom is 0.119 e. The fourth-order valence-electron chi connectivity index (χ4n) is 1.02. The van der Waals surface area contributed by atoms with Gasteiger partial charge in [-0.3, -0.25) is 0 Å². The molecule has 1 heteroatoms. The summed E-state index contributed by atoms with van der Waals surface area (Å²) in [5.41, 5.74) is 0. The van der Waals surface area contributed by atoms with E-state index in [2.05, 4.69) is 33.4 Å². The molecular weight excluding hydrogens is 163 g/mol. The van der Waals surface area contributed by atoms with Gasteiger partial charge in [0.15, 0.2) is 0 Å². The van der Waals surface area contributed by atoms with Gasteiger partial charge in [-0.2, -0.15) is 0 Å². The van der Waals surface area contributed by atoms with Crippen LogP contribution < -0.4 is 0 Å². The minimum Gasteiger partial charge on any atom is -0.207 e. The Morgan fingerprint density at radius 1 is 1.46 bits per heavy atom. The lowest BCUT2D eigenvalue weighted by Gasteiger charge is -2.11. The van der Waals surface area contributed by atoms with Crippen LogP contribution in [0.2, 0.25) is 0 Å². The molecular formula is C12H19F. The first-order valence-corrected chi connectivity index (χ1v) is 4.78. The smallest absolute Gasteiger partial charge is 0.119 e. The molecule has 0 nitrogen and oxygen atoms in total. The van der Waals surface area contributed by atoms with E-state index in [0.717, 1.165) is 6.42 Å². The lowest BCUT2D eigenvalue weighted by atomic mass is 9.94. The highest BCUT2D eigenvalue weighted by atomic mass is 19.1. The fourth-order valence-corrected chi connectivity index (χ4v) is 1.02. The van der Waals surface area contributed by atoms with Crippen molar-refractivity contribution in [1.29, 1.82) is 0 Å². The Morgan fingerprint density at radius 3 is 2.46 bits per heavy atom. The first-order valence-electron chi connectivity index (χ1n) is 4.78. The van der Waals surface area contributed by atoms with Crippen molar-refractivity contribution >= 4 is 0 Å². The summed E-state index contributed by atoms with van der Waals surface area (Å²) in [6, 6.07) is 0. The van der Waals surface area contributed by atoms with Gasteiger partial charge in [0.1, 0.15) is 5.83 Å². The third-order valence-electron chi connectivity index (χ3n) is 1.91. The summed E-state index contributed by atoms with van der Waals surface area (Å²) >= 11 is 0. The molecule has 0 aliphatic heterocycles. The van der Waals surface area contributed by atoms with Crippen LogP contribution in [0, 0.1) is 11.8 Å². The zero-order valence-corrected chi connectivity index (χ0v) is 8.76. The second-order valence-corrected chi connectivity index (χ2v) is 3.41. The molecule has 0 bridgehead atoms. The van der Waals surface area contributed by atoms with Gasteiger partial charge >= 0.3 is 0 Å². The predicted octanol–water partition coefficient (Wildman–Crippen LogP) is 4.26. The van der Waals surface area contributed by atoms with E-state index in [1.807, 2.05) is 6.08 Å². The summed E-state index contributed by atoms with van der Waals surface area (Å²) in [7, 11) is 0. The van der Waals surface area contributed by atoms with Crippen LogP contribution in [0.15, 0.2) is 36.7 Å². The van der Waals surface area contributed by atoms with Crippen LogP contribution >= 0.6 is 0 Å². The van der Waals surface area contributed by atoms with Gasteiger partial charge in [-0.15, -0.1) is 0 Å². The Kier molecular flexibility index (Phi) is 6.21. The summed E-state index contributed by atoms with van der Waals surface area (Å²) in [6.45, 7) is 9.62. The van der Waals surface area contributed by atoms with Crippen molar-refractivity contribution < 1.29 is 4.39 Å². The van der Waals surface area contributed by atoms with Gasteiger partial charge in [0.25, 0.3) is 0 Å². The first kappa shape index (κ1) is 12.2. The number of allylic oxidation sites excluding steroid dienone is 5. The molecule has 0 aromatic rings. The van der Waals surface area contributed by atoms with Gasteiger partial charge in [-0.05, 0) is 24.5 Å². The molecule has 0 amide bonds. The van der Waals surface area contributed by atoms with Crippen molar-refractivity contribution in [2.24, 2.45) is 11.8 Å². The van der Waals surface area contributed by atoms with Crippen LogP contribution in [0.5, 0.6) is 0 Å². The van der Waals surface area contributed by atoms with Crippen LogP contribution in [0.1, 0.15) is 27.2 Å². The van der Waals surface area contributed by atoms with E-state index in [0.29, 0.717) is 5.92 Å². The van der Waals surface area contributed by atoms with Crippen LogP contribution in [0.3, 0.4) is 0 Å². The zero-order chi connectivity index (χ0) is 10.3. The molecule has 0 aliphatic carbocycles. The van der Waals surface area contributed by atoms with Crippen LogP contribution in [0.4, 0.5) is 4.39 Å². The first-order chi connectivity index (χ1) is 6.11. The summed E-state index contributed by atoms with van der Waals surface area (Å²) < 4.78 is 12.9.